The minimum Gasteiger partial charge on any atom is -0.347 e. The van der Waals surface area contributed by atoms with Crippen molar-refractivity contribution in [2.45, 2.75) is 18.8 Å². The van der Waals surface area contributed by atoms with E-state index in [-0.39, 0.29) is 12.3 Å². The summed E-state index contributed by atoms with van der Waals surface area (Å²) < 4.78 is 26.0. The predicted octanol–water partition coefficient (Wildman–Crippen LogP) is 0.830. The summed E-state index contributed by atoms with van der Waals surface area (Å²) in [6.45, 7) is 0.549. The van der Waals surface area contributed by atoms with Crippen LogP contribution in [0.4, 0.5) is 0 Å². The number of imidazole rings is 1. The van der Waals surface area contributed by atoms with Crippen LogP contribution >= 0.6 is 0 Å². The Bertz CT molecular complexity index is 653. The molecule has 0 saturated heterocycles. The summed E-state index contributed by atoms with van der Waals surface area (Å²) in [4.78, 5) is 6.92. The second-order valence-corrected chi connectivity index (χ2v) is 6.60. The molecule has 108 valence electrons. The third-order valence-electron chi connectivity index (χ3n) is 3.08. The van der Waals surface area contributed by atoms with Crippen LogP contribution < -0.4 is 5.73 Å². The monoisotopic (exact) mass is 294 g/mol. The smallest absolute Gasteiger partial charge is 0.218 e. The second kappa shape index (κ2) is 6.17. The van der Waals surface area contributed by atoms with E-state index < -0.39 is 10.0 Å². The highest BCUT2D eigenvalue weighted by Gasteiger charge is 2.20. The highest BCUT2D eigenvalue weighted by atomic mass is 32.2. The van der Waals surface area contributed by atoms with Crippen molar-refractivity contribution in [2.24, 2.45) is 5.73 Å². The first-order valence-electron chi connectivity index (χ1n) is 6.22. The Hall–Kier alpha value is -1.70. The number of rotatable bonds is 6. The second-order valence-electron chi connectivity index (χ2n) is 4.52. The Balaban J connectivity index is 2.14. The summed E-state index contributed by atoms with van der Waals surface area (Å²) in [7, 11) is -1.86. The summed E-state index contributed by atoms with van der Waals surface area (Å²) in [6, 6.07) is 7.30. The maximum atomic E-state index is 12.3. The molecule has 0 radical (unpaired) electrons. The van der Waals surface area contributed by atoms with Gasteiger partial charge >= 0.3 is 0 Å². The number of H-pyrrole nitrogens is 1. The Labute approximate surface area is 118 Å². The number of aromatic nitrogens is 2. The number of nitrogens with zero attached hydrogens (tertiary/aromatic N) is 2. The minimum absolute atomic E-state index is 0.0580. The molecule has 0 unspecified atom stereocenters. The van der Waals surface area contributed by atoms with Crippen molar-refractivity contribution < 1.29 is 8.42 Å². The van der Waals surface area contributed by atoms with Gasteiger partial charge in [-0.3, -0.25) is 0 Å². The predicted molar refractivity (Wildman–Crippen MR) is 77.0 cm³/mol. The molecule has 0 bridgehead atoms. The first-order valence-corrected chi connectivity index (χ1v) is 7.83. The molecule has 1 aromatic heterocycles. The van der Waals surface area contributed by atoms with Gasteiger partial charge < -0.3 is 10.7 Å². The van der Waals surface area contributed by atoms with E-state index in [1.54, 1.807) is 25.5 Å². The molecule has 20 heavy (non-hydrogen) atoms. The van der Waals surface area contributed by atoms with Gasteiger partial charge in [-0.1, -0.05) is 24.3 Å². The molecular formula is C13H18N4O2S. The van der Waals surface area contributed by atoms with E-state index in [1.807, 2.05) is 18.2 Å². The Morgan fingerprint density at radius 1 is 1.30 bits per heavy atom. The Morgan fingerprint density at radius 2 is 2.00 bits per heavy atom. The molecule has 1 aromatic carbocycles. The molecule has 3 N–H and O–H groups in total. The summed E-state index contributed by atoms with van der Waals surface area (Å²) in [6.07, 6.45) is 3.26. The average Bonchev–Trinajstić information content (AvgIpc) is 2.92. The topological polar surface area (TPSA) is 92.1 Å². The first kappa shape index (κ1) is 14.7. The van der Waals surface area contributed by atoms with Gasteiger partial charge in [0, 0.05) is 26.0 Å². The van der Waals surface area contributed by atoms with Crippen LogP contribution in [0.25, 0.3) is 0 Å². The van der Waals surface area contributed by atoms with Crippen LogP contribution in [0.1, 0.15) is 17.0 Å². The summed E-state index contributed by atoms with van der Waals surface area (Å²) in [5, 5.41) is 0. The van der Waals surface area contributed by atoms with Crippen LogP contribution in [-0.4, -0.2) is 29.7 Å². The molecule has 1 heterocycles. The van der Waals surface area contributed by atoms with E-state index in [9.17, 15) is 8.42 Å². The summed E-state index contributed by atoms with van der Waals surface area (Å²) in [5.74, 6) is 0.556. The molecule has 7 heteroatoms. The Morgan fingerprint density at radius 3 is 2.60 bits per heavy atom. The van der Waals surface area contributed by atoms with Crippen LogP contribution in [0.15, 0.2) is 36.7 Å². The van der Waals surface area contributed by atoms with Gasteiger partial charge in [0.2, 0.25) is 10.0 Å². The third-order valence-corrected chi connectivity index (χ3v) is 4.83. The van der Waals surface area contributed by atoms with Crippen molar-refractivity contribution in [1.82, 2.24) is 14.3 Å². The van der Waals surface area contributed by atoms with Gasteiger partial charge in [0.15, 0.2) is 0 Å². The molecular weight excluding hydrogens is 276 g/mol. The molecule has 6 nitrogen and oxygen atoms in total. The lowest BCUT2D eigenvalue weighted by Gasteiger charge is -2.17. The summed E-state index contributed by atoms with van der Waals surface area (Å²) in [5.41, 5.74) is 7.22. The van der Waals surface area contributed by atoms with Gasteiger partial charge in [-0.25, -0.2) is 13.4 Å². The lowest BCUT2D eigenvalue weighted by molar-refractivity contribution is 0.457. The number of benzene rings is 1. The number of hydrogen-bond donors (Lipinski definition) is 2. The zero-order valence-corrected chi connectivity index (χ0v) is 12.1. The van der Waals surface area contributed by atoms with E-state index in [1.165, 1.54) is 4.31 Å². The lowest BCUT2D eigenvalue weighted by atomic mass is 10.1. The van der Waals surface area contributed by atoms with E-state index in [2.05, 4.69) is 9.97 Å². The Kier molecular flexibility index (Phi) is 4.53. The molecule has 2 rings (SSSR count). The van der Waals surface area contributed by atoms with Crippen molar-refractivity contribution in [3.05, 3.63) is 53.6 Å². The molecule has 0 atom stereocenters. The van der Waals surface area contributed by atoms with Gasteiger partial charge in [-0.15, -0.1) is 0 Å². The summed E-state index contributed by atoms with van der Waals surface area (Å²) >= 11 is 0. The van der Waals surface area contributed by atoms with E-state index in [0.717, 1.165) is 11.1 Å². The number of nitrogens with two attached hydrogens (primary N) is 1. The number of aromatic amines is 1. The quantitative estimate of drug-likeness (QED) is 0.825. The minimum atomic E-state index is -3.40. The van der Waals surface area contributed by atoms with E-state index in [4.69, 9.17) is 5.73 Å². The highest BCUT2D eigenvalue weighted by molar-refractivity contribution is 7.88. The molecule has 0 aliphatic carbocycles. The fourth-order valence-corrected chi connectivity index (χ4v) is 3.11. The molecule has 0 spiro atoms. The van der Waals surface area contributed by atoms with Gasteiger partial charge in [-0.05, 0) is 11.1 Å². The lowest BCUT2D eigenvalue weighted by Crippen LogP contribution is -2.28. The first-order chi connectivity index (χ1) is 9.53. The molecule has 0 amide bonds. The fraction of sp³-hybridized carbons (Fsp3) is 0.308. The van der Waals surface area contributed by atoms with E-state index in [0.29, 0.717) is 12.4 Å². The average molecular weight is 294 g/mol. The van der Waals surface area contributed by atoms with E-state index >= 15 is 0 Å². The van der Waals surface area contributed by atoms with Gasteiger partial charge in [0.25, 0.3) is 0 Å². The molecule has 0 saturated carbocycles. The van der Waals surface area contributed by atoms with Crippen molar-refractivity contribution >= 4 is 10.0 Å². The van der Waals surface area contributed by atoms with Crippen LogP contribution in [0, 0.1) is 0 Å². The molecule has 0 aliphatic heterocycles. The van der Waals surface area contributed by atoms with Crippen molar-refractivity contribution in [3.63, 3.8) is 0 Å². The number of nitrogens with one attached hydrogen (secondary N) is 1. The van der Waals surface area contributed by atoms with Gasteiger partial charge in [-0.2, -0.15) is 4.31 Å². The fourth-order valence-electron chi connectivity index (χ4n) is 1.90. The SMILES string of the molecule is CN(Cc1ncc[nH]1)S(=O)(=O)Cc1ccccc1CN. The van der Waals surface area contributed by atoms with Gasteiger partial charge in [0.05, 0.1) is 12.3 Å². The molecule has 2 aromatic rings. The highest BCUT2D eigenvalue weighted by Crippen LogP contribution is 2.15. The zero-order chi connectivity index (χ0) is 14.6. The third kappa shape index (κ3) is 3.44. The maximum absolute atomic E-state index is 12.3. The standard InChI is InChI=1S/C13H18N4O2S/c1-17(9-13-15-6-7-16-13)20(18,19)10-12-5-3-2-4-11(12)8-14/h2-7H,8-10,14H2,1H3,(H,15,16). The number of sulfonamides is 1. The number of hydrogen-bond acceptors (Lipinski definition) is 4. The molecule has 0 fully saturated rings. The largest absolute Gasteiger partial charge is 0.347 e. The molecule has 0 aliphatic rings. The van der Waals surface area contributed by atoms with Crippen molar-refractivity contribution in [1.29, 1.82) is 0 Å². The zero-order valence-electron chi connectivity index (χ0n) is 11.3. The van der Waals surface area contributed by atoms with Crippen LogP contribution in [0.3, 0.4) is 0 Å². The van der Waals surface area contributed by atoms with Crippen LogP contribution in [0.2, 0.25) is 0 Å². The van der Waals surface area contributed by atoms with Crippen LogP contribution in [0.5, 0.6) is 0 Å². The maximum Gasteiger partial charge on any atom is 0.218 e. The van der Waals surface area contributed by atoms with Crippen molar-refractivity contribution in [3.8, 4) is 0 Å². The normalized spacial score (nSPS) is 11.9. The van der Waals surface area contributed by atoms with Gasteiger partial charge in [0.1, 0.15) is 5.82 Å². The van der Waals surface area contributed by atoms with Crippen molar-refractivity contribution in [2.75, 3.05) is 7.05 Å². The van der Waals surface area contributed by atoms with Crippen LogP contribution in [-0.2, 0) is 28.9 Å².